The van der Waals surface area contributed by atoms with Gasteiger partial charge in [0, 0.05) is 53.5 Å². The normalized spacial score (nSPS) is 29.3. The molecule has 12 nitrogen and oxygen atoms in total. The van der Waals surface area contributed by atoms with Gasteiger partial charge < -0.3 is 28.6 Å². The molecule has 0 radical (unpaired) electrons. The number of nitrogens with zero attached hydrogens (tertiary/aromatic N) is 1. The van der Waals surface area contributed by atoms with Crippen molar-refractivity contribution in [2.75, 3.05) is 6.61 Å². The average molecular weight is 457 g/mol. The molecular weight excluding hydrogens is 430 g/mol. The summed E-state index contributed by atoms with van der Waals surface area (Å²) in [5.74, 6) is -4.12. The fraction of sp³-hybridized carbons (Fsp3) is 0.700. The van der Waals surface area contributed by atoms with Gasteiger partial charge in [0.2, 0.25) is 6.10 Å². The number of ether oxygens (including phenoxy) is 5. The molecule has 0 saturated carbocycles. The Morgan fingerprint density at radius 1 is 0.750 bits per heavy atom. The highest BCUT2D eigenvalue weighted by Crippen LogP contribution is 2.36. The van der Waals surface area contributed by atoms with Crippen molar-refractivity contribution in [2.24, 2.45) is 0 Å². The maximum atomic E-state index is 13.4. The van der Waals surface area contributed by atoms with Crippen LogP contribution in [-0.2, 0) is 52.5 Å². The first-order chi connectivity index (χ1) is 14.9. The summed E-state index contributed by atoms with van der Waals surface area (Å²) in [7, 11) is 0. The number of carbonyl (C=O) groups is 6. The second-order valence-electron chi connectivity index (χ2n) is 7.64. The molecule has 2 saturated heterocycles. The lowest BCUT2D eigenvalue weighted by Gasteiger charge is -2.52. The third-order valence-electron chi connectivity index (χ3n) is 5.03. The maximum absolute atomic E-state index is 13.4. The van der Waals surface area contributed by atoms with Crippen molar-refractivity contribution in [3.63, 3.8) is 0 Å². The van der Waals surface area contributed by atoms with E-state index in [0.29, 0.717) is 0 Å². The minimum Gasteiger partial charge on any atom is -0.464 e. The molecule has 1 amide bonds. The van der Waals surface area contributed by atoms with E-state index in [9.17, 15) is 28.8 Å². The molecular formula is C20H27NO11. The van der Waals surface area contributed by atoms with Gasteiger partial charge in [-0.25, -0.2) is 0 Å². The molecule has 0 N–H and O–H groups in total. The fourth-order valence-electron chi connectivity index (χ4n) is 4.12. The van der Waals surface area contributed by atoms with E-state index in [4.69, 9.17) is 23.7 Å². The predicted octanol–water partition coefficient (Wildman–Crippen LogP) is -0.350. The summed E-state index contributed by atoms with van der Waals surface area (Å²) in [6.45, 7) is 5.40. The van der Waals surface area contributed by atoms with Crippen LogP contribution in [-0.4, -0.2) is 83.8 Å². The number of esters is 5. The highest BCUT2D eigenvalue weighted by Gasteiger charge is 2.56. The van der Waals surface area contributed by atoms with Crippen molar-refractivity contribution in [1.29, 1.82) is 0 Å². The zero-order chi connectivity index (χ0) is 24.2. The number of carbonyl (C=O) groups excluding carboxylic acids is 6. The third-order valence-corrected chi connectivity index (χ3v) is 5.03. The summed E-state index contributed by atoms with van der Waals surface area (Å²) in [4.78, 5) is 72.7. The molecule has 2 fully saturated rings. The first-order valence-corrected chi connectivity index (χ1v) is 10.0. The standard InChI is InChI=1S/C20H27NO11/c1-9(22)28-8-15-18(31-12(4)25)16(29-10(2)23)6-14-7-17(30-11(3)24)19(32-13(5)26)20(27)21(14)15/h14-19H,6-8H2,1-5H3/t14-,15-,16+,17+,18-,19+/m0/s1. The van der Waals surface area contributed by atoms with Crippen LogP contribution in [0.3, 0.4) is 0 Å². The van der Waals surface area contributed by atoms with Gasteiger partial charge >= 0.3 is 29.8 Å². The van der Waals surface area contributed by atoms with Crippen LogP contribution in [0.5, 0.6) is 0 Å². The average Bonchev–Trinajstić information content (AvgIpc) is 2.63. The monoisotopic (exact) mass is 457 g/mol. The van der Waals surface area contributed by atoms with Crippen LogP contribution in [0.1, 0.15) is 47.5 Å². The Morgan fingerprint density at radius 3 is 1.75 bits per heavy atom. The minimum absolute atomic E-state index is 0.0599. The zero-order valence-corrected chi connectivity index (χ0v) is 18.5. The van der Waals surface area contributed by atoms with E-state index >= 15 is 0 Å². The summed E-state index contributed by atoms with van der Waals surface area (Å²) in [6.07, 6.45) is -4.47. The van der Waals surface area contributed by atoms with Crippen LogP contribution < -0.4 is 0 Å². The van der Waals surface area contributed by atoms with E-state index in [-0.39, 0.29) is 19.4 Å². The van der Waals surface area contributed by atoms with E-state index in [1.54, 1.807) is 0 Å². The minimum atomic E-state index is -1.43. The maximum Gasteiger partial charge on any atom is 0.303 e. The number of fused-ring (bicyclic) bond motifs is 1. The van der Waals surface area contributed by atoms with E-state index in [0.717, 1.165) is 20.8 Å². The molecule has 2 aliphatic heterocycles. The molecule has 0 aliphatic carbocycles. The lowest BCUT2D eigenvalue weighted by molar-refractivity contribution is -0.209. The van der Waals surface area contributed by atoms with Crippen LogP contribution in [0, 0.1) is 0 Å². The lowest BCUT2D eigenvalue weighted by Crippen LogP contribution is -2.70. The van der Waals surface area contributed by atoms with Crippen LogP contribution in [0.2, 0.25) is 0 Å². The molecule has 0 aromatic carbocycles. The van der Waals surface area contributed by atoms with Gasteiger partial charge in [-0.3, -0.25) is 28.8 Å². The summed E-state index contributed by atoms with van der Waals surface area (Å²) in [6, 6.07) is -1.68. The van der Waals surface area contributed by atoms with Gasteiger partial charge in [-0.05, 0) is 0 Å². The molecule has 2 aliphatic rings. The Labute approximate surface area is 184 Å². The van der Waals surface area contributed by atoms with Crippen LogP contribution >= 0.6 is 0 Å². The van der Waals surface area contributed by atoms with Gasteiger partial charge in [0.1, 0.15) is 24.9 Å². The topological polar surface area (TPSA) is 152 Å². The first-order valence-electron chi connectivity index (χ1n) is 10.0. The molecule has 0 bridgehead atoms. The lowest BCUT2D eigenvalue weighted by atomic mass is 9.82. The van der Waals surface area contributed by atoms with E-state index in [1.165, 1.54) is 18.7 Å². The number of piperidine rings is 2. The molecule has 0 aromatic rings. The van der Waals surface area contributed by atoms with Crippen molar-refractivity contribution in [1.82, 2.24) is 4.90 Å². The van der Waals surface area contributed by atoms with Crippen molar-refractivity contribution in [3.05, 3.63) is 0 Å². The summed E-state index contributed by atoms with van der Waals surface area (Å²) in [5, 5.41) is 0. The number of hydrogen-bond acceptors (Lipinski definition) is 11. The Morgan fingerprint density at radius 2 is 1.25 bits per heavy atom. The predicted molar refractivity (Wildman–Crippen MR) is 103 cm³/mol. The van der Waals surface area contributed by atoms with Gasteiger partial charge in [-0.2, -0.15) is 0 Å². The molecule has 2 rings (SSSR count). The van der Waals surface area contributed by atoms with Crippen molar-refractivity contribution in [2.45, 2.75) is 84.0 Å². The van der Waals surface area contributed by atoms with Gasteiger partial charge in [-0.1, -0.05) is 0 Å². The van der Waals surface area contributed by atoms with Crippen molar-refractivity contribution >= 4 is 35.8 Å². The molecule has 178 valence electrons. The van der Waals surface area contributed by atoms with Crippen molar-refractivity contribution in [3.8, 4) is 0 Å². The Balaban J connectivity index is 2.48. The van der Waals surface area contributed by atoms with Crippen LogP contribution in [0.25, 0.3) is 0 Å². The second kappa shape index (κ2) is 10.4. The van der Waals surface area contributed by atoms with Crippen LogP contribution in [0.15, 0.2) is 0 Å². The molecule has 2 heterocycles. The summed E-state index contributed by atoms with van der Waals surface area (Å²) in [5.41, 5.74) is 0. The highest BCUT2D eigenvalue weighted by atomic mass is 16.6. The van der Waals surface area contributed by atoms with Gasteiger partial charge in [-0.15, -0.1) is 0 Å². The zero-order valence-electron chi connectivity index (χ0n) is 18.5. The Hall–Kier alpha value is -3.18. The smallest absolute Gasteiger partial charge is 0.303 e. The fourth-order valence-corrected chi connectivity index (χ4v) is 4.12. The summed E-state index contributed by atoms with van der Waals surface area (Å²) >= 11 is 0. The molecule has 32 heavy (non-hydrogen) atoms. The number of rotatable bonds is 6. The Kier molecular flexibility index (Phi) is 8.17. The first kappa shape index (κ1) is 25.1. The molecule has 6 atom stereocenters. The number of hydrogen-bond donors (Lipinski definition) is 0. The van der Waals surface area contributed by atoms with Gasteiger partial charge in [0.15, 0.2) is 6.10 Å². The van der Waals surface area contributed by atoms with E-state index in [1.807, 2.05) is 0 Å². The largest absolute Gasteiger partial charge is 0.464 e. The highest BCUT2D eigenvalue weighted by molar-refractivity contribution is 5.86. The second-order valence-corrected chi connectivity index (χ2v) is 7.64. The Bertz CT molecular complexity index is 792. The molecule has 0 unspecified atom stereocenters. The quantitative estimate of drug-likeness (QED) is 0.380. The van der Waals surface area contributed by atoms with E-state index in [2.05, 4.69) is 0 Å². The van der Waals surface area contributed by atoms with Gasteiger partial charge in [0.05, 0.1) is 0 Å². The third kappa shape index (κ3) is 6.17. The van der Waals surface area contributed by atoms with Crippen LogP contribution in [0.4, 0.5) is 0 Å². The summed E-state index contributed by atoms with van der Waals surface area (Å²) < 4.78 is 26.2. The molecule has 0 aromatic heterocycles. The van der Waals surface area contributed by atoms with E-state index < -0.39 is 72.3 Å². The SMILES string of the molecule is CC(=O)OC[C@H]1[C@H](OC(C)=O)[C@H](OC(C)=O)C[C@H]2C[C@@H](OC(C)=O)[C@@H](OC(C)=O)C(=O)N21. The van der Waals surface area contributed by atoms with Gasteiger partial charge in [0.25, 0.3) is 5.91 Å². The molecule has 12 heteroatoms. The number of amides is 1. The molecule has 0 spiro atoms. The van der Waals surface area contributed by atoms with Crippen molar-refractivity contribution < 1.29 is 52.5 Å².